The van der Waals surface area contributed by atoms with Crippen LogP contribution in [-0.2, 0) is 14.4 Å². The third kappa shape index (κ3) is 8.90. The van der Waals surface area contributed by atoms with Crippen LogP contribution in [-0.4, -0.2) is 39.4 Å². The van der Waals surface area contributed by atoms with Gasteiger partial charge in [0.2, 0.25) is 0 Å². The third-order valence-corrected chi connectivity index (χ3v) is 7.25. The van der Waals surface area contributed by atoms with Crippen molar-refractivity contribution in [3.05, 3.63) is 111 Å². The van der Waals surface area contributed by atoms with Crippen molar-refractivity contribution in [1.82, 2.24) is 0 Å². The van der Waals surface area contributed by atoms with Crippen LogP contribution in [0.25, 0.3) is 0 Å². The van der Waals surface area contributed by atoms with Crippen molar-refractivity contribution in [3.63, 3.8) is 0 Å². The van der Waals surface area contributed by atoms with Crippen molar-refractivity contribution in [2.45, 2.75) is 0 Å². The molecule has 0 N–H and O–H groups in total. The van der Waals surface area contributed by atoms with Crippen molar-refractivity contribution in [2.75, 3.05) is 0 Å². The van der Waals surface area contributed by atoms with Crippen molar-refractivity contribution in [2.24, 2.45) is 0 Å². The van der Waals surface area contributed by atoms with Gasteiger partial charge in [0.15, 0.2) is 0 Å². The zero-order valence-electron chi connectivity index (χ0n) is 19.4. The monoisotopic (exact) mass is 610 g/mol. The van der Waals surface area contributed by atoms with Crippen LogP contribution in [0.3, 0.4) is 0 Å². The van der Waals surface area contributed by atoms with Crippen molar-refractivity contribution < 1.29 is 37.6 Å². The molecule has 0 heterocycles. The van der Waals surface area contributed by atoms with Gasteiger partial charge in [-0.15, -0.1) is 0 Å². The molecule has 0 radical (unpaired) electrons. The summed E-state index contributed by atoms with van der Waals surface area (Å²) in [6.45, 7) is 10.1. The molecule has 0 aliphatic carbocycles. The van der Waals surface area contributed by atoms with Gasteiger partial charge in [0.1, 0.15) is 0 Å². The van der Waals surface area contributed by atoms with Crippen molar-refractivity contribution in [1.29, 1.82) is 0 Å². The molecular formula is C27H21O9Sb. The van der Waals surface area contributed by atoms with Gasteiger partial charge in [0, 0.05) is 0 Å². The maximum absolute atomic E-state index is 11.4. The normalized spacial score (nSPS) is 9.97. The second-order valence-corrected chi connectivity index (χ2v) is 9.63. The Balaban J connectivity index is 1.75. The Hall–Kier alpha value is -4.49. The first kappa shape index (κ1) is 27.1. The van der Waals surface area contributed by atoms with Crippen LogP contribution >= 0.6 is 0 Å². The van der Waals surface area contributed by atoms with Crippen LogP contribution in [0.2, 0.25) is 0 Å². The predicted molar refractivity (Wildman–Crippen MR) is 134 cm³/mol. The van der Waals surface area contributed by atoms with Gasteiger partial charge in [-0.2, -0.15) is 0 Å². The molecule has 0 saturated carbocycles. The Labute approximate surface area is 221 Å². The topological polar surface area (TPSA) is 107 Å². The van der Waals surface area contributed by atoms with E-state index >= 15 is 0 Å². The standard InChI is InChI=1S/3C9H8O3.Sb/c3*1-2-9(11)12-8-5-3-7(10)4-6-8;/h3*2-6,10H,1H2;/q;;;+3/p-3. The first-order valence-corrected chi connectivity index (χ1v) is 13.7. The van der Waals surface area contributed by atoms with Gasteiger partial charge >= 0.3 is 222 Å². The summed E-state index contributed by atoms with van der Waals surface area (Å²) in [5.41, 5.74) is 0. The Bertz CT molecular complexity index is 1110. The molecule has 0 spiro atoms. The van der Waals surface area contributed by atoms with Crippen LogP contribution < -0.4 is 23.3 Å². The predicted octanol–water partition coefficient (Wildman–Crippen LogP) is 4.48. The first-order chi connectivity index (χ1) is 17.9. The molecule has 9 nitrogen and oxygen atoms in total. The summed E-state index contributed by atoms with van der Waals surface area (Å²) >= 11 is -3.47. The number of hydrogen-bond donors (Lipinski definition) is 0. The van der Waals surface area contributed by atoms with E-state index in [2.05, 4.69) is 19.7 Å². The molecule has 0 bridgehead atoms. The summed E-state index contributed by atoms with van der Waals surface area (Å²) in [7, 11) is 0. The molecule has 0 aromatic heterocycles. The Morgan fingerprint density at radius 1 is 0.459 bits per heavy atom. The maximum atomic E-state index is 11.4. The fourth-order valence-electron chi connectivity index (χ4n) is 2.49. The molecule has 0 aliphatic heterocycles. The van der Waals surface area contributed by atoms with Gasteiger partial charge in [0.05, 0.1) is 0 Å². The second kappa shape index (κ2) is 13.6. The molecule has 0 amide bonds. The molecule has 3 aromatic rings. The fourth-order valence-corrected chi connectivity index (χ4v) is 5.33. The van der Waals surface area contributed by atoms with E-state index in [0.29, 0.717) is 34.5 Å². The molecule has 3 rings (SSSR count). The van der Waals surface area contributed by atoms with Gasteiger partial charge in [-0.05, 0) is 0 Å². The van der Waals surface area contributed by atoms with E-state index in [-0.39, 0.29) is 0 Å². The number of carbonyl (C=O) groups is 3. The Morgan fingerprint density at radius 2 is 0.676 bits per heavy atom. The van der Waals surface area contributed by atoms with Gasteiger partial charge in [-0.3, -0.25) is 0 Å². The number of rotatable bonds is 12. The van der Waals surface area contributed by atoms with Crippen LogP contribution in [0.15, 0.2) is 111 Å². The van der Waals surface area contributed by atoms with E-state index in [9.17, 15) is 14.4 Å². The van der Waals surface area contributed by atoms with Crippen LogP contribution in [0, 0.1) is 0 Å². The molecule has 0 atom stereocenters. The fraction of sp³-hybridized carbons (Fsp3) is 0. The molecule has 0 saturated heterocycles. The first-order valence-electron chi connectivity index (χ1n) is 10.6. The minimum atomic E-state index is -3.47. The van der Waals surface area contributed by atoms with Gasteiger partial charge < -0.3 is 0 Å². The SMILES string of the molecule is C=CC(=O)Oc1ccc([O][Sb]([O]c2ccc(OC(=O)C=C)cc2)[O]c2ccc(OC(=O)C=C)cc2)cc1. The van der Waals surface area contributed by atoms with Crippen LogP contribution in [0.4, 0.5) is 0 Å². The number of benzene rings is 3. The zero-order chi connectivity index (χ0) is 26.6. The van der Waals surface area contributed by atoms with E-state index in [4.69, 9.17) is 23.3 Å². The molecule has 0 unspecified atom stereocenters. The third-order valence-electron chi connectivity index (χ3n) is 4.17. The molecule has 10 heteroatoms. The summed E-state index contributed by atoms with van der Waals surface area (Å²) in [6, 6.07) is 19.0. The Morgan fingerprint density at radius 3 is 0.892 bits per heavy atom. The van der Waals surface area contributed by atoms with Crippen molar-refractivity contribution in [3.8, 4) is 34.5 Å². The second-order valence-electron chi connectivity index (χ2n) is 6.79. The summed E-state index contributed by atoms with van der Waals surface area (Å²) in [4.78, 5) is 34.1. The molecule has 37 heavy (non-hydrogen) atoms. The van der Waals surface area contributed by atoms with Crippen molar-refractivity contribution >= 4 is 39.4 Å². The average Bonchev–Trinajstić information content (AvgIpc) is 2.91. The molecule has 0 aliphatic rings. The summed E-state index contributed by atoms with van der Waals surface area (Å²) in [5.74, 6) is 0.476. The van der Waals surface area contributed by atoms with Gasteiger partial charge in [-0.1, -0.05) is 0 Å². The Kier molecular flexibility index (Phi) is 9.93. The van der Waals surface area contributed by atoms with Crippen LogP contribution in [0.5, 0.6) is 34.5 Å². The van der Waals surface area contributed by atoms with Gasteiger partial charge in [0.25, 0.3) is 0 Å². The molecule has 3 aromatic carbocycles. The number of esters is 3. The van der Waals surface area contributed by atoms with E-state index in [0.717, 1.165) is 18.2 Å². The quantitative estimate of drug-likeness (QED) is 0.127. The molecule has 0 fully saturated rings. The molecular weight excluding hydrogens is 590 g/mol. The number of ether oxygens (including phenoxy) is 3. The zero-order valence-corrected chi connectivity index (χ0v) is 22.0. The van der Waals surface area contributed by atoms with E-state index in [1.54, 1.807) is 72.8 Å². The molecule has 188 valence electrons. The summed E-state index contributed by atoms with van der Waals surface area (Å²) in [5, 5.41) is 0. The summed E-state index contributed by atoms with van der Waals surface area (Å²) < 4.78 is 33.2. The van der Waals surface area contributed by atoms with E-state index in [1.165, 1.54) is 0 Å². The van der Waals surface area contributed by atoms with Gasteiger partial charge in [-0.25, -0.2) is 0 Å². The number of hydrogen-bond acceptors (Lipinski definition) is 9. The summed E-state index contributed by atoms with van der Waals surface area (Å²) in [6.07, 6.45) is 3.18. The minimum absolute atomic E-state index is 0.317. The average molecular weight is 611 g/mol. The number of carbonyl (C=O) groups excluding carboxylic acids is 3. The van der Waals surface area contributed by atoms with E-state index in [1.807, 2.05) is 0 Å². The van der Waals surface area contributed by atoms with Crippen LogP contribution in [0.1, 0.15) is 0 Å². The van der Waals surface area contributed by atoms with E-state index < -0.39 is 39.4 Å².